The average molecular weight is 228 g/mol. The standard InChI is InChI=1S/C12H24N2S/c1-6-14-12(5,10-13)8-7-9-15-11(2,3)4/h14H,6-9H2,1-5H3. The number of hydrogen-bond acceptors (Lipinski definition) is 3. The summed E-state index contributed by atoms with van der Waals surface area (Å²) in [4.78, 5) is 0. The fourth-order valence-corrected chi connectivity index (χ4v) is 2.28. The Bertz CT molecular complexity index is 215. The summed E-state index contributed by atoms with van der Waals surface area (Å²) in [6.07, 6.45) is 2.03. The van der Waals surface area contributed by atoms with Gasteiger partial charge in [0.2, 0.25) is 0 Å². The molecule has 0 aliphatic rings. The van der Waals surface area contributed by atoms with E-state index in [1.54, 1.807) is 0 Å². The molecule has 0 fully saturated rings. The first kappa shape index (κ1) is 14.8. The third kappa shape index (κ3) is 7.70. The van der Waals surface area contributed by atoms with Crippen LogP contribution in [0.3, 0.4) is 0 Å². The molecule has 3 heteroatoms. The minimum absolute atomic E-state index is 0.335. The fraction of sp³-hybridized carbons (Fsp3) is 0.917. The van der Waals surface area contributed by atoms with Crippen LogP contribution >= 0.6 is 11.8 Å². The Morgan fingerprint density at radius 1 is 1.27 bits per heavy atom. The topological polar surface area (TPSA) is 35.8 Å². The Hall–Kier alpha value is -0.200. The van der Waals surface area contributed by atoms with Crippen molar-refractivity contribution in [2.75, 3.05) is 12.3 Å². The molecule has 0 bridgehead atoms. The highest BCUT2D eigenvalue weighted by molar-refractivity contribution is 8.00. The molecule has 0 saturated carbocycles. The van der Waals surface area contributed by atoms with E-state index >= 15 is 0 Å². The van der Waals surface area contributed by atoms with Crippen LogP contribution in [0.4, 0.5) is 0 Å². The van der Waals surface area contributed by atoms with Crippen LogP contribution in [0.1, 0.15) is 47.5 Å². The van der Waals surface area contributed by atoms with E-state index in [1.807, 2.05) is 25.6 Å². The molecular formula is C12H24N2S. The van der Waals surface area contributed by atoms with Gasteiger partial charge >= 0.3 is 0 Å². The quantitative estimate of drug-likeness (QED) is 0.709. The first-order valence-electron chi connectivity index (χ1n) is 5.63. The van der Waals surface area contributed by atoms with Gasteiger partial charge in [0.25, 0.3) is 0 Å². The zero-order chi connectivity index (χ0) is 11.9. The summed E-state index contributed by atoms with van der Waals surface area (Å²) in [7, 11) is 0. The molecule has 2 nitrogen and oxygen atoms in total. The number of nitrogens with zero attached hydrogens (tertiary/aromatic N) is 1. The summed E-state index contributed by atoms with van der Waals surface area (Å²) in [5, 5.41) is 12.3. The summed E-state index contributed by atoms with van der Waals surface area (Å²) >= 11 is 1.97. The van der Waals surface area contributed by atoms with Crippen molar-refractivity contribution in [1.29, 1.82) is 5.26 Å². The molecule has 1 N–H and O–H groups in total. The summed E-state index contributed by atoms with van der Waals surface area (Å²) in [6, 6.07) is 2.36. The zero-order valence-electron chi connectivity index (χ0n) is 10.7. The maximum Gasteiger partial charge on any atom is 0.103 e. The van der Waals surface area contributed by atoms with Crippen molar-refractivity contribution < 1.29 is 0 Å². The number of rotatable bonds is 6. The van der Waals surface area contributed by atoms with E-state index in [1.165, 1.54) is 0 Å². The molecule has 0 rings (SSSR count). The lowest BCUT2D eigenvalue weighted by atomic mass is 9.98. The summed E-state index contributed by atoms with van der Waals surface area (Å²) in [6.45, 7) is 11.6. The minimum atomic E-state index is -0.340. The van der Waals surface area contributed by atoms with Crippen LogP contribution in [-0.2, 0) is 0 Å². The van der Waals surface area contributed by atoms with Crippen molar-refractivity contribution in [3.63, 3.8) is 0 Å². The lowest BCUT2D eigenvalue weighted by Gasteiger charge is -2.23. The van der Waals surface area contributed by atoms with Crippen LogP contribution in [0, 0.1) is 11.3 Å². The smallest absolute Gasteiger partial charge is 0.103 e. The highest BCUT2D eigenvalue weighted by atomic mass is 32.2. The predicted molar refractivity (Wildman–Crippen MR) is 69.1 cm³/mol. The third-order valence-corrected chi connectivity index (χ3v) is 3.53. The van der Waals surface area contributed by atoms with E-state index in [4.69, 9.17) is 5.26 Å². The van der Waals surface area contributed by atoms with Crippen molar-refractivity contribution in [3.8, 4) is 6.07 Å². The van der Waals surface area contributed by atoms with E-state index < -0.39 is 0 Å². The highest BCUT2D eigenvalue weighted by Gasteiger charge is 2.21. The molecule has 0 aliphatic carbocycles. The molecule has 0 spiro atoms. The molecule has 88 valence electrons. The van der Waals surface area contributed by atoms with Gasteiger partial charge in [-0.2, -0.15) is 17.0 Å². The van der Waals surface area contributed by atoms with E-state index in [0.29, 0.717) is 4.75 Å². The van der Waals surface area contributed by atoms with Crippen LogP contribution in [0.2, 0.25) is 0 Å². The minimum Gasteiger partial charge on any atom is -0.300 e. The molecule has 0 saturated heterocycles. The Morgan fingerprint density at radius 3 is 2.27 bits per heavy atom. The van der Waals surface area contributed by atoms with Gasteiger partial charge in [0.1, 0.15) is 5.54 Å². The van der Waals surface area contributed by atoms with Crippen molar-refractivity contribution in [1.82, 2.24) is 5.32 Å². The maximum atomic E-state index is 9.06. The molecule has 1 atom stereocenters. The van der Waals surface area contributed by atoms with Gasteiger partial charge in [0.15, 0.2) is 0 Å². The van der Waals surface area contributed by atoms with Gasteiger partial charge in [-0.25, -0.2) is 0 Å². The molecule has 0 aromatic carbocycles. The van der Waals surface area contributed by atoms with Crippen LogP contribution in [0.25, 0.3) is 0 Å². The lowest BCUT2D eigenvalue weighted by molar-refractivity contribution is 0.426. The van der Waals surface area contributed by atoms with Crippen molar-refractivity contribution in [2.45, 2.75) is 57.7 Å². The van der Waals surface area contributed by atoms with Gasteiger partial charge < -0.3 is 0 Å². The van der Waals surface area contributed by atoms with Crippen LogP contribution in [0.15, 0.2) is 0 Å². The molecule has 1 unspecified atom stereocenters. The van der Waals surface area contributed by atoms with Crippen molar-refractivity contribution in [3.05, 3.63) is 0 Å². The number of nitriles is 1. The Balaban J connectivity index is 3.79. The van der Waals surface area contributed by atoms with Gasteiger partial charge in [-0.1, -0.05) is 27.7 Å². The first-order chi connectivity index (χ1) is 6.83. The normalized spacial score (nSPS) is 15.7. The molecule has 0 amide bonds. The number of hydrogen-bond donors (Lipinski definition) is 1. The number of thioether (sulfide) groups is 1. The Labute approximate surface area is 98.8 Å². The van der Waals surface area contributed by atoms with Crippen molar-refractivity contribution >= 4 is 11.8 Å². The predicted octanol–water partition coefficient (Wildman–Crippen LogP) is 3.19. The molecule has 0 heterocycles. The molecule has 0 aromatic heterocycles. The monoisotopic (exact) mass is 228 g/mol. The molecule has 15 heavy (non-hydrogen) atoms. The van der Waals surface area contributed by atoms with Crippen LogP contribution < -0.4 is 5.32 Å². The van der Waals surface area contributed by atoms with Gasteiger partial charge in [-0.05, 0) is 32.1 Å². The molecule has 0 aromatic rings. The average Bonchev–Trinajstić information content (AvgIpc) is 2.12. The molecular weight excluding hydrogens is 204 g/mol. The van der Waals surface area contributed by atoms with E-state index in [9.17, 15) is 0 Å². The van der Waals surface area contributed by atoms with E-state index in [2.05, 4.69) is 32.2 Å². The van der Waals surface area contributed by atoms with E-state index in [0.717, 1.165) is 25.1 Å². The maximum absolute atomic E-state index is 9.06. The third-order valence-electron chi connectivity index (χ3n) is 2.17. The number of nitrogens with one attached hydrogen (secondary N) is 1. The van der Waals surface area contributed by atoms with Crippen LogP contribution in [-0.4, -0.2) is 22.6 Å². The zero-order valence-corrected chi connectivity index (χ0v) is 11.5. The van der Waals surface area contributed by atoms with Gasteiger partial charge in [-0.3, -0.25) is 5.32 Å². The van der Waals surface area contributed by atoms with Gasteiger partial charge in [-0.15, -0.1) is 0 Å². The second-order valence-electron chi connectivity index (χ2n) is 5.04. The largest absolute Gasteiger partial charge is 0.300 e. The second-order valence-corrected chi connectivity index (χ2v) is 6.96. The highest BCUT2D eigenvalue weighted by Crippen LogP contribution is 2.25. The summed E-state index contributed by atoms with van der Waals surface area (Å²) < 4.78 is 0.335. The second kappa shape index (κ2) is 6.40. The summed E-state index contributed by atoms with van der Waals surface area (Å²) in [5.74, 6) is 1.13. The first-order valence-corrected chi connectivity index (χ1v) is 6.62. The summed E-state index contributed by atoms with van der Waals surface area (Å²) in [5.41, 5.74) is -0.340. The van der Waals surface area contributed by atoms with E-state index in [-0.39, 0.29) is 5.54 Å². The molecule has 0 aliphatic heterocycles. The lowest BCUT2D eigenvalue weighted by Crippen LogP contribution is -2.40. The van der Waals surface area contributed by atoms with Crippen LogP contribution in [0.5, 0.6) is 0 Å². The Morgan fingerprint density at radius 2 is 1.87 bits per heavy atom. The SMILES string of the molecule is CCNC(C)(C#N)CCCSC(C)(C)C. The molecule has 0 radical (unpaired) electrons. The Kier molecular flexibility index (Phi) is 6.31. The fourth-order valence-electron chi connectivity index (χ4n) is 1.38. The van der Waals surface area contributed by atoms with Gasteiger partial charge in [0, 0.05) is 4.75 Å². The van der Waals surface area contributed by atoms with Crippen molar-refractivity contribution in [2.24, 2.45) is 0 Å². The van der Waals surface area contributed by atoms with Gasteiger partial charge in [0.05, 0.1) is 6.07 Å².